The van der Waals surface area contributed by atoms with Gasteiger partial charge in [-0.25, -0.2) is 4.98 Å². The number of nitro benzene ring substituents is 1. The number of benzene rings is 1. The van der Waals surface area contributed by atoms with Crippen molar-refractivity contribution in [3.8, 4) is 10.6 Å². The number of ether oxygens (including phenoxy) is 1. The number of amides is 1. The van der Waals surface area contributed by atoms with E-state index in [0.717, 1.165) is 5.56 Å². The van der Waals surface area contributed by atoms with E-state index in [1.54, 1.807) is 25.3 Å². The van der Waals surface area contributed by atoms with Crippen LogP contribution in [0.25, 0.3) is 10.6 Å². The Morgan fingerprint density at radius 1 is 1.23 bits per heavy atom. The summed E-state index contributed by atoms with van der Waals surface area (Å²) in [7, 11) is 0. The zero-order chi connectivity index (χ0) is 21.7. The van der Waals surface area contributed by atoms with Crippen LogP contribution in [0.2, 0.25) is 0 Å². The first-order valence-corrected chi connectivity index (χ1v) is 10.9. The molecule has 1 atom stereocenters. The Bertz CT molecular complexity index is 1050. The molecule has 1 amide bonds. The topological polar surface area (TPSA) is 111 Å². The normalized spacial score (nSPS) is 11.8. The summed E-state index contributed by atoms with van der Waals surface area (Å²) in [6.45, 7) is 3.41. The lowest BCUT2D eigenvalue weighted by Gasteiger charge is -2.19. The lowest BCUT2D eigenvalue weighted by Crippen LogP contribution is -2.31. The smallest absolute Gasteiger partial charge is 0.308 e. The third-order valence-electron chi connectivity index (χ3n) is 4.06. The van der Waals surface area contributed by atoms with Gasteiger partial charge in [0.1, 0.15) is 10.7 Å². The Morgan fingerprint density at radius 3 is 2.67 bits per heavy atom. The van der Waals surface area contributed by atoms with E-state index in [-0.39, 0.29) is 29.5 Å². The molecule has 0 aliphatic rings. The van der Waals surface area contributed by atoms with Crippen LogP contribution < -0.4 is 5.32 Å². The fourth-order valence-electron chi connectivity index (χ4n) is 2.79. The third kappa shape index (κ3) is 5.28. The van der Waals surface area contributed by atoms with Gasteiger partial charge >= 0.3 is 5.97 Å². The molecule has 0 spiro atoms. The molecular weight excluding hydrogens is 426 g/mol. The van der Waals surface area contributed by atoms with E-state index >= 15 is 0 Å². The van der Waals surface area contributed by atoms with Crippen LogP contribution in [-0.4, -0.2) is 27.9 Å². The van der Waals surface area contributed by atoms with E-state index in [1.165, 1.54) is 40.9 Å². The van der Waals surface area contributed by atoms with Gasteiger partial charge in [-0.1, -0.05) is 18.2 Å². The predicted molar refractivity (Wildman–Crippen MR) is 115 cm³/mol. The van der Waals surface area contributed by atoms with Gasteiger partial charge in [-0.15, -0.1) is 11.3 Å². The Kier molecular flexibility index (Phi) is 6.91. The minimum Gasteiger partial charge on any atom is -0.463 e. The molecule has 0 aliphatic carbocycles. The number of thiazole rings is 1. The van der Waals surface area contributed by atoms with Crippen molar-refractivity contribution in [2.75, 3.05) is 0 Å². The Balaban J connectivity index is 1.86. The van der Waals surface area contributed by atoms with Crippen LogP contribution in [0.4, 0.5) is 5.69 Å². The second-order valence-corrected chi connectivity index (χ2v) is 8.27. The number of nitrogens with zero attached hydrogens (tertiary/aromatic N) is 2. The summed E-state index contributed by atoms with van der Waals surface area (Å²) in [4.78, 5) is 40.3. The minimum atomic E-state index is -0.934. The van der Waals surface area contributed by atoms with E-state index in [4.69, 9.17) is 4.74 Å². The molecule has 1 aromatic carbocycles. The number of aromatic nitrogens is 1. The summed E-state index contributed by atoms with van der Waals surface area (Å²) >= 11 is 2.85. The zero-order valence-electron chi connectivity index (χ0n) is 16.2. The molecule has 30 heavy (non-hydrogen) atoms. The van der Waals surface area contributed by atoms with Crippen LogP contribution in [0.1, 0.15) is 42.4 Å². The molecule has 10 heteroatoms. The number of nitro groups is 1. The highest BCUT2D eigenvalue weighted by atomic mass is 32.1. The first-order valence-electron chi connectivity index (χ1n) is 9.07. The van der Waals surface area contributed by atoms with Gasteiger partial charge < -0.3 is 10.1 Å². The van der Waals surface area contributed by atoms with Crippen LogP contribution in [0.5, 0.6) is 0 Å². The van der Waals surface area contributed by atoms with Crippen molar-refractivity contribution in [3.05, 3.63) is 67.8 Å². The number of carbonyl (C=O) groups excluding carboxylic acids is 2. The highest BCUT2D eigenvalue weighted by Gasteiger charge is 2.27. The van der Waals surface area contributed by atoms with Crippen molar-refractivity contribution in [1.82, 2.24) is 10.3 Å². The van der Waals surface area contributed by atoms with E-state index in [9.17, 15) is 19.7 Å². The summed E-state index contributed by atoms with van der Waals surface area (Å²) in [5.74, 6) is -1.08. The Morgan fingerprint density at radius 2 is 2.00 bits per heavy atom. The van der Waals surface area contributed by atoms with Gasteiger partial charge in [0, 0.05) is 22.4 Å². The van der Waals surface area contributed by atoms with Crippen molar-refractivity contribution in [1.29, 1.82) is 0 Å². The zero-order valence-corrected chi connectivity index (χ0v) is 17.9. The maximum atomic E-state index is 12.8. The average Bonchev–Trinajstić information content (AvgIpc) is 3.38. The molecule has 156 valence electrons. The van der Waals surface area contributed by atoms with Crippen molar-refractivity contribution < 1.29 is 19.2 Å². The maximum Gasteiger partial charge on any atom is 0.308 e. The second kappa shape index (κ2) is 9.59. The van der Waals surface area contributed by atoms with E-state index in [0.29, 0.717) is 5.01 Å². The molecule has 1 unspecified atom stereocenters. The van der Waals surface area contributed by atoms with Gasteiger partial charge in [0.15, 0.2) is 0 Å². The molecule has 1 N–H and O–H groups in total. The number of rotatable bonds is 8. The van der Waals surface area contributed by atoms with Crippen LogP contribution in [-0.2, 0) is 9.53 Å². The number of hydrogen-bond acceptors (Lipinski definition) is 8. The molecule has 2 aromatic heterocycles. The molecule has 0 saturated heterocycles. The lowest BCUT2D eigenvalue weighted by molar-refractivity contribution is -0.385. The fourth-order valence-corrected chi connectivity index (χ4v) is 4.31. The highest BCUT2D eigenvalue weighted by molar-refractivity contribution is 7.14. The van der Waals surface area contributed by atoms with Crippen LogP contribution in [0.15, 0.2) is 46.5 Å². The monoisotopic (exact) mass is 445 g/mol. The molecular formula is C20H19N3O5S2. The van der Waals surface area contributed by atoms with E-state index in [2.05, 4.69) is 10.3 Å². The number of esters is 1. The lowest BCUT2D eigenvalue weighted by atomic mass is 10.0. The number of para-hydroxylation sites is 1. The highest BCUT2D eigenvalue weighted by Crippen LogP contribution is 2.29. The maximum absolute atomic E-state index is 12.8. The first kappa shape index (κ1) is 21.6. The number of carbonyl (C=O) groups is 2. The van der Waals surface area contributed by atoms with Crippen LogP contribution in [0.3, 0.4) is 0 Å². The largest absolute Gasteiger partial charge is 0.463 e. The fraction of sp³-hybridized carbons (Fsp3) is 0.250. The summed E-state index contributed by atoms with van der Waals surface area (Å²) < 4.78 is 5.17. The second-order valence-electron chi connectivity index (χ2n) is 6.63. The molecule has 3 rings (SSSR count). The molecule has 0 aliphatic heterocycles. The minimum absolute atomic E-state index is 0.182. The summed E-state index contributed by atoms with van der Waals surface area (Å²) in [5, 5.41) is 20.3. The molecule has 0 radical (unpaired) electrons. The number of nitrogens with one attached hydrogen (secondary N) is 1. The summed E-state index contributed by atoms with van der Waals surface area (Å²) in [6, 6.07) is 6.97. The van der Waals surface area contributed by atoms with Crippen LogP contribution >= 0.6 is 22.7 Å². The SMILES string of the molecule is CC(C)OC(=O)CC(NC(=O)c1csc(-c2ccsc2)n1)c1ccccc1[N+](=O)[O-]. The average molecular weight is 446 g/mol. The summed E-state index contributed by atoms with van der Waals surface area (Å²) in [6.07, 6.45) is -0.581. The molecule has 3 aromatic rings. The molecule has 0 saturated carbocycles. The van der Waals surface area contributed by atoms with Crippen molar-refractivity contribution >= 4 is 40.2 Å². The van der Waals surface area contributed by atoms with Gasteiger partial charge in [0.2, 0.25) is 0 Å². The molecule has 8 nitrogen and oxygen atoms in total. The predicted octanol–water partition coefficient (Wildman–Crippen LogP) is 4.59. The Labute approximate surface area is 180 Å². The van der Waals surface area contributed by atoms with E-state index in [1.807, 2.05) is 16.8 Å². The van der Waals surface area contributed by atoms with Gasteiger partial charge in [-0.3, -0.25) is 19.7 Å². The number of thiophene rings is 1. The third-order valence-corrected chi connectivity index (χ3v) is 5.63. The molecule has 0 fully saturated rings. The van der Waals surface area contributed by atoms with Gasteiger partial charge in [0.25, 0.3) is 11.6 Å². The van der Waals surface area contributed by atoms with Gasteiger partial charge in [-0.2, -0.15) is 11.3 Å². The van der Waals surface area contributed by atoms with Crippen molar-refractivity contribution in [2.24, 2.45) is 0 Å². The Hall–Kier alpha value is -3.11. The summed E-state index contributed by atoms with van der Waals surface area (Å²) in [5.41, 5.74) is 1.14. The van der Waals surface area contributed by atoms with Gasteiger partial charge in [0.05, 0.1) is 29.1 Å². The van der Waals surface area contributed by atoms with Gasteiger partial charge in [-0.05, 0) is 25.3 Å². The quantitative estimate of drug-likeness (QED) is 0.308. The van der Waals surface area contributed by atoms with E-state index < -0.39 is 22.8 Å². The number of hydrogen-bond donors (Lipinski definition) is 1. The molecule has 2 heterocycles. The van der Waals surface area contributed by atoms with Crippen molar-refractivity contribution in [2.45, 2.75) is 32.4 Å². The first-order chi connectivity index (χ1) is 14.3. The van der Waals surface area contributed by atoms with Crippen LogP contribution in [0, 0.1) is 10.1 Å². The molecule has 0 bridgehead atoms. The van der Waals surface area contributed by atoms with Crippen molar-refractivity contribution in [3.63, 3.8) is 0 Å². The standard InChI is InChI=1S/C20H19N3O5S2/c1-12(2)28-18(24)9-15(14-5-3-4-6-17(14)23(26)27)21-19(25)16-11-30-20(22-16)13-7-8-29-10-13/h3-8,10-12,15H,9H2,1-2H3,(H,21,25).